The topological polar surface area (TPSA) is 51.2 Å². The predicted molar refractivity (Wildman–Crippen MR) is 144 cm³/mol. The van der Waals surface area contributed by atoms with E-state index in [-0.39, 0.29) is 16.8 Å². The van der Waals surface area contributed by atoms with Crippen LogP contribution in [-0.4, -0.2) is 47.8 Å². The molecule has 1 aliphatic heterocycles. The van der Waals surface area contributed by atoms with Crippen molar-refractivity contribution < 1.29 is 19.3 Å². The molecule has 0 spiro atoms. The zero-order valence-corrected chi connectivity index (χ0v) is 24.4. The van der Waals surface area contributed by atoms with E-state index in [2.05, 4.69) is 62.3 Å². The minimum Gasteiger partial charge on any atom is -0.396 e. The smallest absolute Gasteiger partial charge is 0.0892 e. The SMILES string of the molecule is CC(CCO)CCCC(C)(C)OCCC(C)CCCC(C)(C)OCCC(C)CCC1OC1(C)C. The Labute approximate surface area is 212 Å². The highest BCUT2D eigenvalue weighted by Crippen LogP contribution is 2.39. The molecule has 0 saturated carbocycles. The van der Waals surface area contributed by atoms with Crippen LogP contribution < -0.4 is 0 Å². The molecule has 1 N–H and O–H groups in total. The maximum Gasteiger partial charge on any atom is 0.0892 e. The Bertz CT molecular complexity index is 528. The summed E-state index contributed by atoms with van der Waals surface area (Å²) >= 11 is 0. The lowest BCUT2D eigenvalue weighted by molar-refractivity contribution is -0.0346. The van der Waals surface area contributed by atoms with Gasteiger partial charge in [-0.15, -0.1) is 0 Å². The van der Waals surface area contributed by atoms with E-state index in [9.17, 15) is 0 Å². The summed E-state index contributed by atoms with van der Waals surface area (Å²) < 4.78 is 18.2. The third-order valence-electron chi connectivity index (χ3n) is 7.87. The van der Waals surface area contributed by atoms with E-state index in [1.165, 1.54) is 38.5 Å². The van der Waals surface area contributed by atoms with Crippen molar-refractivity contribution in [1.82, 2.24) is 0 Å². The molecule has 4 heteroatoms. The standard InChI is InChI=1S/C30H60O4/c1-24(16-21-31)12-10-19-28(4,5)32-22-17-25(2)13-11-20-29(6,7)33-23-18-26(3)14-15-27-30(8,9)34-27/h24-27,31H,10-23H2,1-9H3. The molecule has 1 rings (SSSR count). The largest absolute Gasteiger partial charge is 0.396 e. The van der Waals surface area contributed by atoms with Crippen LogP contribution in [0.3, 0.4) is 0 Å². The molecule has 34 heavy (non-hydrogen) atoms. The van der Waals surface area contributed by atoms with Crippen LogP contribution in [0.15, 0.2) is 0 Å². The van der Waals surface area contributed by atoms with E-state index in [4.69, 9.17) is 19.3 Å². The summed E-state index contributed by atoms with van der Waals surface area (Å²) in [5, 5.41) is 9.04. The summed E-state index contributed by atoms with van der Waals surface area (Å²) in [4.78, 5) is 0. The van der Waals surface area contributed by atoms with Gasteiger partial charge in [-0.2, -0.15) is 0 Å². The third kappa shape index (κ3) is 15.1. The van der Waals surface area contributed by atoms with Crippen molar-refractivity contribution in [1.29, 1.82) is 0 Å². The molecular formula is C30H60O4. The van der Waals surface area contributed by atoms with Crippen LogP contribution in [0.1, 0.15) is 133 Å². The molecule has 1 aliphatic rings. The number of hydrogen-bond acceptors (Lipinski definition) is 4. The summed E-state index contributed by atoms with van der Waals surface area (Å²) in [6.07, 6.45) is 13.1. The molecule has 1 heterocycles. The van der Waals surface area contributed by atoms with Crippen LogP contribution in [0.2, 0.25) is 0 Å². The number of aliphatic hydroxyl groups excluding tert-OH is 1. The van der Waals surface area contributed by atoms with Gasteiger partial charge in [-0.25, -0.2) is 0 Å². The molecule has 0 radical (unpaired) electrons. The Morgan fingerprint density at radius 3 is 1.56 bits per heavy atom. The molecule has 204 valence electrons. The average Bonchev–Trinajstić information content (AvgIpc) is 3.32. The molecule has 1 saturated heterocycles. The van der Waals surface area contributed by atoms with Crippen LogP contribution in [0, 0.1) is 17.8 Å². The van der Waals surface area contributed by atoms with Crippen molar-refractivity contribution in [3.05, 3.63) is 0 Å². The highest BCUT2D eigenvalue weighted by molar-refractivity contribution is 4.94. The van der Waals surface area contributed by atoms with E-state index < -0.39 is 0 Å². The maximum atomic E-state index is 9.04. The molecule has 4 nitrogen and oxygen atoms in total. The zero-order valence-electron chi connectivity index (χ0n) is 24.4. The van der Waals surface area contributed by atoms with Crippen LogP contribution in [0.4, 0.5) is 0 Å². The molecule has 0 aromatic heterocycles. The van der Waals surface area contributed by atoms with E-state index >= 15 is 0 Å². The van der Waals surface area contributed by atoms with Crippen LogP contribution in [-0.2, 0) is 14.2 Å². The van der Waals surface area contributed by atoms with Crippen molar-refractivity contribution in [2.24, 2.45) is 17.8 Å². The van der Waals surface area contributed by atoms with E-state index in [0.29, 0.717) is 30.5 Å². The summed E-state index contributed by atoms with van der Waals surface area (Å²) in [7, 11) is 0. The number of ether oxygens (including phenoxy) is 3. The predicted octanol–water partition coefficient (Wildman–Crippen LogP) is 7.95. The quantitative estimate of drug-likeness (QED) is 0.168. The molecule has 0 aliphatic carbocycles. The molecule has 0 bridgehead atoms. The van der Waals surface area contributed by atoms with Gasteiger partial charge in [-0.05, 0) is 104 Å². The molecule has 4 atom stereocenters. The van der Waals surface area contributed by atoms with Crippen LogP contribution >= 0.6 is 0 Å². The van der Waals surface area contributed by atoms with E-state index in [1.807, 2.05) is 0 Å². The minimum atomic E-state index is -0.0481. The highest BCUT2D eigenvalue weighted by atomic mass is 16.6. The van der Waals surface area contributed by atoms with Crippen molar-refractivity contribution >= 4 is 0 Å². The number of aliphatic hydroxyl groups is 1. The van der Waals surface area contributed by atoms with Crippen molar-refractivity contribution in [3.8, 4) is 0 Å². The highest BCUT2D eigenvalue weighted by Gasteiger charge is 2.46. The van der Waals surface area contributed by atoms with Crippen LogP contribution in [0.5, 0.6) is 0 Å². The van der Waals surface area contributed by atoms with Gasteiger partial charge in [-0.3, -0.25) is 0 Å². The van der Waals surface area contributed by atoms with Gasteiger partial charge in [0.25, 0.3) is 0 Å². The maximum absolute atomic E-state index is 9.04. The van der Waals surface area contributed by atoms with Gasteiger partial charge in [0.2, 0.25) is 0 Å². The molecule has 0 aromatic carbocycles. The van der Waals surface area contributed by atoms with Crippen molar-refractivity contribution in [2.45, 2.75) is 156 Å². The number of epoxide rings is 1. The molecule has 1 fully saturated rings. The van der Waals surface area contributed by atoms with Gasteiger partial charge in [0, 0.05) is 19.8 Å². The van der Waals surface area contributed by atoms with Gasteiger partial charge < -0.3 is 19.3 Å². The summed E-state index contributed by atoms with van der Waals surface area (Å²) in [5.41, 5.74) is 0.0393. The fourth-order valence-electron chi connectivity index (χ4n) is 4.80. The first-order chi connectivity index (χ1) is 15.8. The van der Waals surface area contributed by atoms with Gasteiger partial charge in [0.1, 0.15) is 0 Å². The first-order valence-corrected chi connectivity index (χ1v) is 14.3. The Balaban J connectivity index is 2.07. The minimum absolute atomic E-state index is 0.0350. The molecule has 4 unspecified atom stereocenters. The second kappa shape index (κ2) is 15.2. The van der Waals surface area contributed by atoms with Gasteiger partial charge in [0.05, 0.1) is 22.9 Å². The second-order valence-electron chi connectivity index (χ2n) is 13.2. The lowest BCUT2D eigenvalue weighted by Crippen LogP contribution is -2.26. The molecule has 0 aromatic rings. The van der Waals surface area contributed by atoms with E-state index in [0.717, 1.165) is 45.3 Å². The normalized spacial score (nSPS) is 20.8. The number of rotatable bonds is 21. The van der Waals surface area contributed by atoms with Crippen molar-refractivity contribution in [3.63, 3.8) is 0 Å². The fraction of sp³-hybridized carbons (Fsp3) is 1.00. The van der Waals surface area contributed by atoms with Gasteiger partial charge in [0.15, 0.2) is 0 Å². The van der Waals surface area contributed by atoms with Gasteiger partial charge in [-0.1, -0.05) is 46.5 Å². The molecule has 0 amide bonds. The lowest BCUT2D eigenvalue weighted by atomic mass is 9.94. The Morgan fingerprint density at radius 1 is 0.735 bits per heavy atom. The van der Waals surface area contributed by atoms with E-state index in [1.54, 1.807) is 0 Å². The average molecular weight is 485 g/mol. The first kappa shape index (κ1) is 31.9. The summed E-state index contributed by atoms with van der Waals surface area (Å²) in [6.45, 7) is 22.2. The summed E-state index contributed by atoms with van der Waals surface area (Å²) in [5.74, 6) is 1.99. The second-order valence-corrected chi connectivity index (χ2v) is 13.2. The zero-order chi connectivity index (χ0) is 25.8. The monoisotopic (exact) mass is 484 g/mol. The fourth-order valence-corrected chi connectivity index (χ4v) is 4.80. The Hall–Kier alpha value is -0.160. The van der Waals surface area contributed by atoms with Gasteiger partial charge >= 0.3 is 0 Å². The lowest BCUT2D eigenvalue weighted by Gasteiger charge is -2.28. The third-order valence-corrected chi connectivity index (χ3v) is 7.87. The van der Waals surface area contributed by atoms with Crippen molar-refractivity contribution in [2.75, 3.05) is 19.8 Å². The number of hydrogen-bond donors (Lipinski definition) is 1. The Kier molecular flexibility index (Phi) is 14.2. The Morgan fingerprint density at radius 2 is 1.15 bits per heavy atom. The molecular weight excluding hydrogens is 424 g/mol. The van der Waals surface area contributed by atoms with Crippen LogP contribution in [0.25, 0.3) is 0 Å². The summed E-state index contributed by atoms with van der Waals surface area (Å²) in [6, 6.07) is 0. The first-order valence-electron chi connectivity index (χ1n) is 14.3.